The molecule has 4 nitrogen and oxygen atoms in total. The number of amides is 1. The third kappa shape index (κ3) is 4.16. The summed E-state index contributed by atoms with van der Waals surface area (Å²) >= 11 is 11.9. The monoisotopic (exact) mass is 359 g/mol. The summed E-state index contributed by atoms with van der Waals surface area (Å²) in [7, 11) is 0. The molecule has 122 valence electrons. The molecule has 24 heavy (non-hydrogen) atoms. The second kappa shape index (κ2) is 7.51. The van der Waals surface area contributed by atoms with Gasteiger partial charge in [-0.15, -0.1) is 0 Å². The summed E-state index contributed by atoms with van der Waals surface area (Å²) in [6, 6.07) is 11.0. The lowest BCUT2D eigenvalue weighted by molar-refractivity contribution is -0.116. The van der Waals surface area contributed by atoms with E-state index in [2.05, 4.69) is 10.3 Å². The lowest BCUT2D eigenvalue weighted by atomic mass is 10.2. The van der Waals surface area contributed by atoms with Crippen LogP contribution in [-0.2, 0) is 11.2 Å². The van der Waals surface area contributed by atoms with Crippen molar-refractivity contribution >= 4 is 40.8 Å². The van der Waals surface area contributed by atoms with E-state index in [4.69, 9.17) is 23.2 Å². The molecule has 0 atom stereocenters. The molecular weight excluding hydrogens is 345 g/mol. The van der Waals surface area contributed by atoms with Gasteiger partial charge in [-0.3, -0.25) is 4.79 Å². The molecule has 0 spiro atoms. The van der Waals surface area contributed by atoms with E-state index in [9.17, 15) is 4.79 Å². The van der Waals surface area contributed by atoms with Crippen LogP contribution in [0.3, 0.4) is 0 Å². The summed E-state index contributed by atoms with van der Waals surface area (Å²) in [4.78, 5) is 16.4. The predicted octanol–water partition coefficient (Wildman–Crippen LogP) is 4.01. The third-order valence-electron chi connectivity index (χ3n) is 3.47. The molecule has 0 radical (unpaired) electrons. The number of nitrogens with one attached hydrogen (secondary N) is 1. The van der Waals surface area contributed by atoms with Gasteiger partial charge >= 0.3 is 0 Å². The Labute approximate surface area is 149 Å². The first-order valence-corrected chi connectivity index (χ1v) is 8.21. The maximum Gasteiger partial charge on any atom is 0.244 e. The quantitative estimate of drug-likeness (QED) is 0.699. The van der Waals surface area contributed by atoms with E-state index >= 15 is 0 Å². The molecule has 2 aromatic heterocycles. The number of fused-ring (bicyclic) bond motifs is 1. The molecule has 0 aliphatic carbocycles. The van der Waals surface area contributed by atoms with E-state index in [1.165, 1.54) is 6.08 Å². The Morgan fingerprint density at radius 1 is 1.25 bits per heavy atom. The standard InChI is InChI=1S/C18H15Cl2N3O/c19-14-6-4-13(16(20)11-14)5-7-18(24)21-9-8-15-12-23-10-2-1-3-17(23)22-15/h1-7,10-12H,8-9H2,(H,21,24)/b7-5+. The van der Waals surface area contributed by atoms with Gasteiger partial charge in [0.2, 0.25) is 5.91 Å². The molecule has 0 unspecified atom stereocenters. The second-order valence-electron chi connectivity index (χ2n) is 5.24. The van der Waals surface area contributed by atoms with Crippen LogP contribution in [0.2, 0.25) is 10.0 Å². The molecule has 0 saturated heterocycles. The van der Waals surface area contributed by atoms with Crippen molar-refractivity contribution in [3.05, 3.63) is 76.2 Å². The third-order valence-corrected chi connectivity index (χ3v) is 4.03. The molecule has 2 heterocycles. The predicted molar refractivity (Wildman–Crippen MR) is 97.4 cm³/mol. The zero-order valence-corrected chi connectivity index (χ0v) is 14.3. The SMILES string of the molecule is O=C(/C=C/c1ccc(Cl)cc1Cl)NCCc1cn2ccccc2n1. The Morgan fingerprint density at radius 3 is 2.92 bits per heavy atom. The van der Waals surface area contributed by atoms with Crippen molar-refractivity contribution in [1.29, 1.82) is 0 Å². The van der Waals surface area contributed by atoms with E-state index in [0.29, 0.717) is 23.0 Å². The first kappa shape index (κ1) is 16.6. The summed E-state index contributed by atoms with van der Waals surface area (Å²) in [6.07, 6.45) is 7.70. The van der Waals surface area contributed by atoms with Crippen molar-refractivity contribution in [2.45, 2.75) is 6.42 Å². The van der Waals surface area contributed by atoms with Gasteiger partial charge in [0, 0.05) is 41.5 Å². The number of imidazole rings is 1. The average molecular weight is 360 g/mol. The lowest BCUT2D eigenvalue weighted by Gasteiger charge is -2.01. The van der Waals surface area contributed by atoms with Gasteiger partial charge in [-0.25, -0.2) is 4.98 Å². The van der Waals surface area contributed by atoms with Crippen LogP contribution >= 0.6 is 23.2 Å². The van der Waals surface area contributed by atoms with Gasteiger partial charge in [-0.2, -0.15) is 0 Å². The first-order chi connectivity index (χ1) is 11.6. The lowest BCUT2D eigenvalue weighted by Crippen LogP contribution is -2.23. The molecule has 3 rings (SSSR count). The number of hydrogen-bond donors (Lipinski definition) is 1. The van der Waals surface area contributed by atoms with Crippen LogP contribution in [0.4, 0.5) is 0 Å². The van der Waals surface area contributed by atoms with E-state index in [-0.39, 0.29) is 5.91 Å². The van der Waals surface area contributed by atoms with Gasteiger partial charge in [0.1, 0.15) is 5.65 Å². The molecular formula is C18H15Cl2N3O. The molecule has 0 aliphatic heterocycles. The maximum absolute atomic E-state index is 11.9. The van der Waals surface area contributed by atoms with E-state index in [0.717, 1.165) is 16.9 Å². The topological polar surface area (TPSA) is 46.4 Å². The van der Waals surface area contributed by atoms with E-state index in [1.54, 1.807) is 24.3 Å². The van der Waals surface area contributed by atoms with Crippen molar-refractivity contribution in [2.24, 2.45) is 0 Å². The molecule has 0 saturated carbocycles. The Morgan fingerprint density at radius 2 is 2.12 bits per heavy atom. The molecule has 6 heteroatoms. The number of benzene rings is 1. The summed E-state index contributed by atoms with van der Waals surface area (Å²) in [6.45, 7) is 0.515. The van der Waals surface area contributed by atoms with Crippen LogP contribution in [0.1, 0.15) is 11.3 Å². The minimum atomic E-state index is -0.176. The second-order valence-corrected chi connectivity index (χ2v) is 6.08. The Kier molecular flexibility index (Phi) is 5.18. The zero-order valence-electron chi connectivity index (χ0n) is 12.7. The van der Waals surface area contributed by atoms with Crippen molar-refractivity contribution in [2.75, 3.05) is 6.54 Å². The van der Waals surface area contributed by atoms with Crippen LogP contribution in [0.5, 0.6) is 0 Å². The minimum Gasteiger partial charge on any atom is -0.352 e. The average Bonchev–Trinajstić information content (AvgIpc) is 2.96. The van der Waals surface area contributed by atoms with E-state index < -0.39 is 0 Å². The summed E-state index contributed by atoms with van der Waals surface area (Å²) < 4.78 is 1.96. The Balaban J connectivity index is 1.52. The highest BCUT2D eigenvalue weighted by Gasteiger charge is 2.02. The van der Waals surface area contributed by atoms with E-state index in [1.807, 2.05) is 35.0 Å². The molecule has 3 aromatic rings. The summed E-state index contributed by atoms with van der Waals surface area (Å²) in [5, 5.41) is 3.91. The molecule has 0 aliphatic rings. The molecule has 1 amide bonds. The van der Waals surface area contributed by atoms with Crippen molar-refractivity contribution in [1.82, 2.24) is 14.7 Å². The number of carbonyl (C=O) groups is 1. The van der Waals surface area contributed by atoms with Crippen LogP contribution in [0, 0.1) is 0 Å². The maximum atomic E-state index is 11.9. The minimum absolute atomic E-state index is 0.176. The van der Waals surface area contributed by atoms with Crippen LogP contribution in [0.15, 0.2) is 54.9 Å². The Hall–Kier alpha value is -2.30. The highest BCUT2D eigenvalue weighted by Crippen LogP contribution is 2.21. The van der Waals surface area contributed by atoms with Crippen LogP contribution in [0.25, 0.3) is 11.7 Å². The molecule has 0 bridgehead atoms. The van der Waals surface area contributed by atoms with Crippen molar-refractivity contribution < 1.29 is 4.79 Å². The number of aromatic nitrogens is 2. The van der Waals surface area contributed by atoms with Gasteiger partial charge in [0.05, 0.1) is 5.69 Å². The zero-order chi connectivity index (χ0) is 16.9. The number of hydrogen-bond acceptors (Lipinski definition) is 2. The van der Waals surface area contributed by atoms with Gasteiger partial charge < -0.3 is 9.72 Å². The van der Waals surface area contributed by atoms with Crippen molar-refractivity contribution in [3.8, 4) is 0 Å². The Bertz CT molecular complexity index is 869. The fourth-order valence-corrected chi connectivity index (χ4v) is 2.75. The number of nitrogens with zero attached hydrogens (tertiary/aromatic N) is 2. The van der Waals surface area contributed by atoms with Crippen molar-refractivity contribution in [3.63, 3.8) is 0 Å². The highest BCUT2D eigenvalue weighted by molar-refractivity contribution is 6.35. The normalized spacial score (nSPS) is 11.2. The number of halogens is 2. The molecule has 1 aromatic carbocycles. The largest absolute Gasteiger partial charge is 0.352 e. The smallest absolute Gasteiger partial charge is 0.244 e. The van der Waals surface area contributed by atoms with Crippen LogP contribution < -0.4 is 5.32 Å². The number of carbonyl (C=O) groups excluding carboxylic acids is 1. The highest BCUT2D eigenvalue weighted by atomic mass is 35.5. The van der Waals surface area contributed by atoms with Gasteiger partial charge in [0.25, 0.3) is 0 Å². The molecule has 1 N–H and O–H groups in total. The first-order valence-electron chi connectivity index (χ1n) is 7.45. The molecule has 0 fully saturated rings. The number of rotatable bonds is 5. The van der Waals surface area contributed by atoms with Crippen LogP contribution in [-0.4, -0.2) is 21.8 Å². The van der Waals surface area contributed by atoms with Gasteiger partial charge in [-0.1, -0.05) is 35.3 Å². The fourth-order valence-electron chi connectivity index (χ4n) is 2.28. The summed E-state index contributed by atoms with van der Waals surface area (Å²) in [5.41, 5.74) is 2.58. The summed E-state index contributed by atoms with van der Waals surface area (Å²) in [5.74, 6) is -0.176. The fraction of sp³-hybridized carbons (Fsp3) is 0.111. The van der Waals surface area contributed by atoms with Gasteiger partial charge in [-0.05, 0) is 35.9 Å². The number of pyridine rings is 1. The van der Waals surface area contributed by atoms with Gasteiger partial charge in [0.15, 0.2) is 0 Å².